The third-order valence-corrected chi connectivity index (χ3v) is 7.76. The minimum Gasteiger partial charge on any atom is -0.454 e. The van der Waals surface area contributed by atoms with E-state index >= 15 is 0 Å². The normalized spacial score (nSPS) is 14.1. The van der Waals surface area contributed by atoms with Crippen LogP contribution in [0, 0.1) is 6.92 Å². The Balaban J connectivity index is 1.74. The van der Waals surface area contributed by atoms with E-state index in [1.165, 1.54) is 4.31 Å². The van der Waals surface area contributed by atoms with E-state index in [9.17, 15) is 18.0 Å². The van der Waals surface area contributed by atoms with E-state index in [-0.39, 0.29) is 44.0 Å². The lowest BCUT2D eigenvalue weighted by Gasteiger charge is -2.30. The summed E-state index contributed by atoms with van der Waals surface area (Å²) in [5, 5.41) is 2.96. The molecule has 1 heterocycles. The van der Waals surface area contributed by atoms with Gasteiger partial charge in [-0.15, -0.1) is 0 Å². The van der Waals surface area contributed by atoms with E-state index in [4.69, 9.17) is 9.47 Å². The molecule has 1 N–H and O–H groups in total. The van der Waals surface area contributed by atoms with Gasteiger partial charge in [-0.25, -0.2) is 8.42 Å². The van der Waals surface area contributed by atoms with Gasteiger partial charge in [-0.3, -0.25) is 13.9 Å². The Morgan fingerprint density at radius 1 is 1.08 bits per heavy atom. The smallest absolute Gasteiger partial charge is 0.242 e. The van der Waals surface area contributed by atoms with Crippen LogP contribution in [0.1, 0.15) is 51.2 Å². The van der Waals surface area contributed by atoms with Gasteiger partial charge in [0.2, 0.25) is 28.6 Å². The number of aryl methyl sites for hydroxylation is 1. The Hall–Kier alpha value is -3.27. The molecule has 0 spiro atoms. The summed E-state index contributed by atoms with van der Waals surface area (Å²) in [5.74, 6) is 0.611. The number of anilines is 1. The maximum absolute atomic E-state index is 13.4. The number of hydrogen-bond donors (Lipinski definition) is 1. The predicted octanol–water partition coefficient (Wildman–Crippen LogP) is 3.60. The average molecular weight is 532 g/mol. The van der Waals surface area contributed by atoms with Crippen molar-refractivity contribution in [1.29, 1.82) is 0 Å². The monoisotopic (exact) mass is 531 g/mol. The molecule has 0 radical (unpaired) electrons. The van der Waals surface area contributed by atoms with Gasteiger partial charge in [0.25, 0.3) is 0 Å². The van der Waals surface area contributed by atoms with Crippen LogP contribution in [0.3, 0.4) is 0 Å². The maximum atomic E-state index is 13.4. The molecule has 0 unspecified atom stereocenters. The van der Waals surface area contributed by atoms with Crippen molar-refractivity contribution < 1.29 is 27.5 Å². The van der Waals surface area contributed by atoms with E-state index in [0.29, 0.717) is 23.7 Å². The summed E-state index contributed by atoms with van der Waals surface area (Å²) in [6, 6.07) is 12.0. The number of rotatable bonds is 12. The topological polar surface area (TPSA) is 105 Å². The maximum Gasteiger partial charge on any atom is 0.242 e. The first-order valence-corrected chi connectivity index (χ1v) is 14.4. The molecule has 2 amide bonds. The lowest BCUT2D eigenvalue weighted by molar-refractivity contribution is -0.140. The van der Waals surface area contributed by atoms with Crippen molar-refractivity contribution in [2.75, 3.05) is 23.9 Å². The van der Waals surface area contributed by atoms with Gasteiger partial charge in [-0.1, -0.05) is 31.2 Å². The first-order valence-electron chi connectivity index (χ1n) is 12.5. The molecule has 0 saturated heterocycles. The van der Waals surface area contributed by atoms with Crippen molar-refractivity contribution in [2.24, 2.45) is 0 Å². The molecule has 9 nitrogen and oxygen atoms in total. The number of sulfonamides is 1. The van der Waals surface area contributed by atoms with E-state index in [0.717, 1.165) is 23.8 Å². The molecule has 0 bridgehead atoms. The van der Waals surface area contributed by atoms with Crippen molar-refractivity contribution in [3.8, 4) is 11.5 Å². The molecule has 0 fully saturated rings. The van der Waals surface area contributed by atoms with Crippen LogP contribution in [0.15, 0.2) is 42.5 Å². The van der Waals surface area contributed by atoms with Gasteiger partial charge < -0.3 is 19.7 Å². The summed E-state index contributed by atoms with van der Waals surface area (Å²) in [7, 11) is -3.61. The fourth-order valence-corrected chi connectivity index (χ4v) is 5.02. The van der Waals surface area contributed by atoms with Crippen molar-refractivity contribution in [3.05, 3.63) is 53.6 Å². The summed E-state index contributed by atoms with van der Waals surface area (Å²) < 4.78 is 37.1. The molecule has 2 atom stereocenters. The number of carbonyl (C=O) groups is 2. The van der Waals surface area contributed by atoms with E-state index < -0.39 is 16.1 Å². The van der Waals surface area contributed by atoms with Crippen molar-refractivity contribution in [3.63, 3.8) is 0 Å². The predicted molar refractivity (Wildman–Crippen MR) is 143 cm³/mol. The summed E-state index contributed by atoms with van der Waals surface area (Å²) in [6.45, 7) is 8.09. The second-order valence-corrected chi connectivity index (χ2v) is 11.3. The zero-order valence-corrected chi connectivity index (χ0v) is 23.0. The van der Waals surface area contributed by atoms with Gasteiger partial charge in [-0.2, -0.15) is 0 Å². The Morgan fingerprint density at radius 3 is 2.46 bits per heavy atom. The molecule has 0 saturated carbocycles. The minimum absolute atomic E-state index is 0.00427. The number of ether oxygens (including phenoxy) is 2. The molecule has 37 heavy (non-hydrogen) atoms. The number of fused-ring (bicyclic) bond motifs is 1. The van der Waals surface area contributed by atoms with Crippen LogP contribution >= 0.6 is 0 Å². The summed E-state index contributed by atoms with van der Waals surface area (Å²) in [4.78, 5) is 27.9. The third kappa shape index (κ3) is 7.38. The highest BCUT2D eigenvalue weighted by atomic mass is 32.2. The van der Waals surface area contributed by atoms with Crippen LogP contribution in [0.4, 0.5) is 5.69 Å². The van der Waals surface area contributed by atoms with Crippen molar-refractivity contribution in [2.45, 2.75) is 65.6 Å². The van der Waals surface area contributed by atoms with E-state index in [2.05, 4.69) is 5.32 Å². The molecule has 10 heteroatoms. The largest absolute Gasteiger partial charge is 0.454 e. The number of nitrogens with one attached hydrogen (secondary N) is 1. The van der Waals surface area contributed by atoms with Crippen LogP contribution in [-0.2, 0) is 26.2 Å². The van der Waals surface area contributed by atoms with Crippen LogP contribution in [0.25, 0.3) is 0 Å². The second kappa shape index (κ2) is 12.3. The Labute approximate surface area is 219 Å². The highest BCUT2D eigenvalue weighted by molar-refractivity contribution is 7.92. The number of carbonyl (C=O) groups excluding carboxylic acids is 2. The third-order valence-electron chi connectivity index (χ3n) is 6.57. The Morgan fingerprint density at radius 2 is 1.78 bits per heavy atom. The first kappa shape index (κ1) is 28.3. The van der Waals surface area contributed by atoms with Gasteiger partial charge in [-0.05, 0) is 56.9 Å². The molecule has 202 valence electrons. The highest BCUT2D eigenvalue weighted by Gasteiger charge is 2.28. The Kier molecular flexibility index (Phi) is 9.42. The first-order chi connectivity index (χ1) is 17.5. The number of amides is 2. The zero-order valence-electron chi connectivity index (χ0n) is 22.2. The van der Waals surface area contributed by atoms with Gasteiger partial charge >= 0.3 is 0 Å². The van der Waals surface area contributed by atoms with Crippen LogP contribution in [0.5, 0.6) is 11.5 Å². The molecular weight excluding hydrogens is 494 g/mol. The summed E-state index contributed by atoms with van der Waals surface area (Å²) in [6.07, 6.45) is 2.28. The average Bonchev–Trinajstić information content (AvgIpc) is 3.32. The standard InChI is InChI=1S/C27H37N3O6S/c1-6-20(3)28-27(32)21(4)29(17-22-11-8-7-10-19(22)2)26(31)12-9-15-30(37(5,33)34)23-13-14-24-25(16-23)36-18-35-24/h7-8,10-11,13-14,16,20-21H,6,9,12,15,17-18H2,1-5H3,(H,28,32)/t20-,21-/m1/s1. The van der Waals surface area contributed by atoms with Crippen LogP contribution in [-0.4, -0.2) is 56.8 Å². The second-order valence-electron chi connectivity index (χ2n) is 9.42. The van der Waals surface area contributed by atoms with Gasteiger partial charge in [0.05, 0.1) is 11.9 Å². The quantitative estimate of drug-likeness (QED) is 0.449. The molecule has 2 aromatic carbocycles. The zero-order chi connectivity index (χ0) is 27.2. The summed E-state index contributed by atoms with van der Waals surface area (Å²) in [5.41, 5.74) is 2.43. The van der Waals surface area contributed by atoms with Gasteiger partial charge in [0, 0.05) is 31.6 Å². The van der Waals surface area contributed by atoms with Crippen molar-refractivity contribution in [1.82, 2.24) is 10.2 Å². The lowest BCUT2D eigenvalue weighted by Crippen LogP contribution is -2.49. The highest BCUT2D eigenvalue weighted by Crippen LogP contribution is 2.36. The van der Waals surface area contributed by atoms with Crippen LogP contribution in [0.2, 0.25) is 0 Å². The molecule has 2 aromatic rings. The van der Waals surface area contributed by atoms with Crippen molar-refractivity contribution >= 4 is 27.5 Å². The van der Waals surface area contributed by atoms with Gasteiger partial charge in [0.15, 0.2) is 11.5 Å². The summed E-state index contributed by atoms with van der Waals surface area (Å²) >= 11 is 0. The fraction of sp³-hybridized carbons (Fsp3) is 0.481. The molecular formula is C27H37N3O6S. The fourth-order valence-electron chi connectivity index (χ4n) is 4.06. The van der Waals surface area contributed by atoms with Crippen LogP contribution < -0.4 is 19.1 Å². The Bertz CT molecular complexity index is 1220. The number of benzene rings is 2. The molecule has 0 aromatic heterocycles. The molecule has 1 aliphatic heterocycles. The molecule has 3 rings (SSSR count). The number of nitrogens with zero attached hydrogens (tertiary/aromatic N) is 2. The van der Waals surface area contributed by atoms with E-state index in [1.54, 1.807) is 30.0 Å². The van der Waals surface area contributed by atoms with E-state index in [1.807, 2.05) is 45.0 Å². The number of hydrogen-bond acceptors (Lipinski definition) is 6. The molecule has 0 aliphatic carbocycles. The molecule has 1 aliphatic rings. The minimum atomic E-state index is -3.61. The lowest BCUT2D eigenvalue weighted by atomic mass is 10.1. The SMILES string of the molecule is CC[C@@H](C)NC(=O)[C@@H](C)N(Cc1ccccc1C)C(=O)CCCN(c1ccc2c(c1)OCO2)S(C)(=O)=O. The van der Waals surface area contributed by atoms with Gasteiger partial charge in [0.1, 0.15) is 6.04 Å².